The molecule has 0 radical (unpaired) electrons. The van der Waals surface area contributed by atoms with Crippen molar-refractivity contribution < 1.29 is 4.79 Å². The fourth-order valence-corrected chi connectivity index (χ4v) is 4.56. The van der Waals surface area contributed by atoms with Gasteiger partial charge in [0.05, 0.1) is 26.7 Å². The van der Waals surface area contributed by atoms with Crippen molar-refractivity contribution in [3.63, 3.8) is 0 Å². The Kier molecular flexibility index (Phi) is 6.02. The van der Waals surface area contributed by atoms with Crippen molar-refractivity contribution in [2.75, 3.05) is 5.32 Å². The van der Waals surface area contributed by atoms with Crippen LogP contribution in [0.3, 0.4) is 0 Å². The first kappa shape index (κ1) is 18.3. The van der Waals surface area contributed by atoms with Gasteiger partial charge in [-0.15, -0.1) is 11.3 Å². The Bertz CT molecular complexity index is 864. The van der Waals surface area contributed by atoms with Crippen molar-refractivity contribution in [2.24, 2.45) is 0 Å². The number of benzene rings is 2. The van der Waals surface area contributed by atoms with E-state index in [9.17, 15) is 4.79 Å². The number of nitrogens with one attached hydrogen (secondary N) is 1. The van der Waals surface area contributed by atoms with Gasteiger partial charge >= 0.3 is 0 Å². The van der Waals surface area contributed by atoms with Crippen molar-refractivity contribution in [1.82, 2.24) is 4.98 Å². The normalized spacial score (nSPS) is 12.0. The van der Waals surface area contributed by atoms with Crippen molar-refractivity contribution >= 4 is 57.9 Å². The van der Waals surface area contributed by atoms with Crippen molar-refractivity contribution in [3.05, 3.63) is 64.0 Å². The third-order valence-corrected chi connectivity index (χ3v) is 6.11. The number of thiazole rings is 1. The molecule has 0 aliphatic heterocycles. The van der Waals surface area contributed by atoms with Gasteiger partial charge in [-0.1, -0.05) is 71.4 Å². The maximum atomic E-state index is 12.4. The molecule has 1 heterocycles. The molecule has 1 N–H and O–H groups in total. The van der Waals surface area contributed by atoms with E-state index >= 15 is 0 Å². The molecule has 0 bridgehead atoms. The minimum Gasteiger partial charge on any atom is -0.323 e. The predicted molar refractivity (Wildman–Crippen MR) is 108 cm³/mol. The first-order valence-corrected chi connectivity index (χ1v) is 9.98. The molecular formula is C18H14Cl2N2OS2. The second kappa shape index (κ2) is 8.23. The van der Waals surface area contributed by atoms with Gasteiger partial charge in [0, 0.05) is 10.9 Å². The Morgan fingerprint density at radius 2 is 1.80 bits per heavy atom. The van der Waals surface area contributed by atoms with E-state index in [-0.39, 0.29) is 11.2 Å². The summed E-state index contributed by atoms with van der Waals surface area (Å²) in [4.78, 5) is 17.0. The van der Waals surface area contributed by atoms with Crippen molar-refractivity contribution in [2.45, 2.75) is 16.5 Å². The van der Waals surface area contributed by atoms with Crippen LogP contribution in [0.4, 0.5) is 5.69 Å². The second-order valence-corrected chi connectivity index (χ2v) is 8.47. The van der Waals surface area contributed by atoms with Crippen LogP contribution in [0.2, 0.25) is 10.0 Å². The van der Waals surface area contributed by atoms with Gasteiger partial charge in [-0.2, -0.15) is 0 Å². The average molecular weight is 409 g/mol. The quantitative estimate of drug-likeness (QED) is 0.508. The van der Waals surface area contributed by atoms with Gasteiger partial charge in [0.2, 0.25) is 5.91 Å². The number of hydrogen-bond acceptors (Lipinski definition) is 4. The highest BCUT2D eigenvalue weighted by Gasteiger charge is 2.19. The third-order valence-electron chi connectivity index (χ3n) is 3.41. The molecule has 0 saturated heterocycles. The SMILES string of the molecule is C[C@@H](Sc1nc(-c2ccccc2)cs1)C(=O)Nc1c(Cl)cccc1Cl. The number of anilines is 1. The molecular weight excluding hydrogens is 395 g/mol. The Morgan fingerprint density at radius 1 is 1.12 bits per heavy atom. The van der Waals surface area contributed by atoms with Gasteiger partial charge in [0.25, 0.3) is 0 Å². The minimum absolute atomic E-state index is 0.170. The lowest BCUT2D eigenvalue weighted by atomic mass is 10.2. The summed E-state index contributed by atoms with van der Waals surface area (Å²) in [6, 6.07) is 15.1. The Morgan fingerprint density at radius 3 is 2.48 bits per heavy atom. The molecule has 0 saturated carbocycles. The molecule has 1 aromatic heterocycles. The van der Waals surface area contributed by atoms with E-state index in [2.05, 4.69) is 10.3 Å². The summed E-state index contributed by atoms with van der Waals surface area (Å²) in [5, 5.41) is 5.28. The lowest BCUT2D eigenvalue weighted by Gasteiger charge is -2.12. The Labute approximate surface area is 164 Å². The largest absolute Gasteiger partial charge is 0.323 e. The van der Waals surface area contributed by atoms with Gasteiger partial charge in [0.1, 0.15) is 0 Å². The van der Waals surface area contributed by atoms with E-state index < -0.39 is 0 Å². The van der Waals surface area contributed by atoms with E-state index in [1.165, 1.54) is 23.1 Å². The summed E-state index contributed by atoms with van der Waals surface area (Å²) >= 11 is 15.1. The minimum atomic E-state index is -0.331. The molecule has 3 aromatic rings. The molecule has 0 spiro atoms. The molecule has 1 amide bonds. The molecule has 0 aliphatic rings. The number of halogens is 2. The Hall–Kier alpha value is -1.53. The number of carbonyl (C=O) groups is 1. The fourth-order valence-electron chi connectivity index (χ4n) is 2.10. The summed E-state index contributed by atoms with van der Waals surface area (Å²) in [5.74, 6) is -0.170. The Balaban J connectivity index is 1.67. The molecule has 3 rings (SSSR count). The average Bonchev–Trinajstić information content (AvgIpc) is 3.07. The topological polar surface area (TPSA) is 42.0 Å². The van der Waals surface area contributed by atoms with E-state index in [0.717, 1.165) is 15.6 Å². The maximum Gasteiger partial charge on any atom is 0.237 e. The zero-order chi connectivity index (χ0) is 17.8. The number of thioether (sulfide) groups is 1. The van der Waals surface area contributed by atoms with E-state index in [0.29, 0.717) is 15.7 Å². The highest BCUT2D eigenvalue weighted by atomic mass is 35.5. The number of aromatic nitrogens is 1. The number of amides is 1. The number of hydrogen-bond donors (Lipinski definition) is 1. The lowest BCUT2D eigenvalue weighted by Crippen LogP contribution is -2.22. The molecule has 7 heteroatoms. The second-order valence-electron chi connectivity index (χ2n) is 5.21. The zero-order valence-electron chi connectivity index (χ0n) is 13.2. The van der Waals surface area contributed by atoms with Gasteiger partial charge in [-0.05, 0) is 19.1 Å². The van der Waals surface area contributed by atoms with E-state index in [1.807, 2.05) is 42.6 Å². The van der Waals surface area contributed by atoms with Gasteiger partial charge in [-0.25, -0.2) is 4.98 Å². The van der Waals surface area contributed by atoms with Crippen LogP contribution >= 0.6 is 46.3 Å². The van der Waals surface area contributed by atoms with Crippen LogP contribution in [0.1, 0.15) is 6.92 Å². The molecule has 128 valence electrons. The molecule has 25 heavy (non-hydrogen) atoms. The lowest BCUT2D eigenvalue weighted by molar-refractivity contribution is -0.115. The summed E-state index contributed by atoms with van der Waals surface area (Å²) < 4.78 is 0.840. The van der Waals surface area contributed by atoms with Crippen LogP contribution in [-0.4, -0.2) is 16.1 Å². The van der Waals surface area contributed by atoms with Crippen molar-refractivity contribution in [3.8, 4) is 11.3 Å². The van der Waals surface area contributed by atoms with Crippen LogP contribution in [0.15, 0.2) is 58.3 Å². The summed E-state index contributed by atoms with van der Waals surface area (Å²) in [5.41, 5.74) is 2.41. The fraction of sp³-hybridized carbons (Fsp3) is 0.111. The first-order chi connectivity index (χ1) is 12.0. The molecule has 3 nitrogen and oxygen atoms in total. The monoisotopic (exact) mass is 408 g/mol. The maximum absolute atomic E-state index is 12.4. The van der Waals surface area contributed by atoms with Gasteiger partial charge < -0.3 is 5.32 Å². The van der Waals surface area contributed by atoms with Crippen LogP contribution < -0.4 is 5.32 Å². The van der Waals surface area contributed by atoms with Gasteiger partial charge in [0.15, 0.2) is 4.34 Å². The number of carbonyl (C=O) groups excluding carboxylic acids is 1. The number of para-hydroxylation sites is 1. The van der Waals surface area contributed by atoms with E-state index in [4.69, 9.17) is 23.2 Å². The molecule has 0 aliphatic carbocycles. The van der Waals surface area contributed by atoms with E-state index in [1.54, 1.807) is 18.2 Å². The molecule has 2 aromatic carbocycles. The third kappa shape index (κ3) is 4.55. The van der Waals surface area contributed by atoms with Crippen LogP contribution in [0.25, 0.3) is 11.3 Å². The smallest absolute Gasteiger partial charge is 0.237 e. The number of rotatable bonds is 5. The summed E-state index contributed by atoms with van der Waals surface area (Å²) in [6.07, 6.45) is 0. The van der Waals surface area contributed by atoms with Crippen LogP contribution in [-0.2, 0) is 4.79 Å². The summed E-state index contributed by atoms with van der Waals surface area (Å²) in [7, 11) is 0. The first-order valence-electron chi connectivity index (χ1n) is 7.47. The highest BCUT2D eigenvalue weighted by molar-refractivity contribution is 8.02. The van der Waals surface area contributed by atoms with Crippen LogP contribution in [0.5, 0.6) is 0 Å². The summed E-state index contributed by atoms with van der Waals surface area (Å²) in [6.45, 7) is 1.83. The zero-order valence-corrected chi connectivity index (χ0v) is 16.3. The molecule has 1 atom stereocenters. The van der Waals surface area contributed by atoms with Crippen LogP contribution in [0, 0.1) is 0 Å². The molecule has 0 fully saturated rings. The highest BCUT2D eigenvalue weighted by Crippen LogP contribution is 2.33. The molecule has 0 unspecified atom stereocenters. The predicted octanol–water partition coefficient (Wildman–Crippen LogP) is 6.24. The van der Waals surface area contributed by atoms with Crippen molar-refractivity contribution in [1.29, 1.82) is 0 Å². The van der Waals surface area contributed by atoms with Gasteiger partial charge in [-0.3, -0.25) is 4.79 Å². The number of nitrogens with zero attached hydrogens (tertiary/aromatic N) is 1. The standard InChI is InChI=1S/C18H14Cl2N2OS2/c1-11(17(23)22-16-13(19)8-5-9-14(16)20)25-18-21-15(10-24-18)12-6-3-2-4-7-12/h2-11H,1H3,(H,22,23)/t11-/m1/s1.